The van der Waals surface area contributed by atoms with E-state index in [1.807, 2.05) is 6.07 Å². The number of benzene rings is 2. The molecule has 0 saturated heterocycles. The van der Waals surface area contributed by atoms with Gasteiger partial charge in [0.15, 0.2) is 0 Å². The van der Waals surface area contributed by atoms with Crippen molar-refractivity contribution in [1.29, 1.82) is 0 Å². The maximum absolute atomic E-state index is 12.3. The smallest absolute Gasteiger partial charge is 0.337 e. The highest BCUT2D eigenvalue weighted by molar-refractivity contribution is 9.10. The lowest BCUT2D eigenvalue weighted by molar-refractivity contribution is 0.0601. The molecule has 0 amide bonds. The van der Waals surface area contributed by atoms with Gasteiger partial charge in [-0.2, -0.15) is 0 Å². The van der Waals surface area contributed by atoms with Crippen LogP contribution in [-0.2, 0) is 21.3 Å². The zero-order valence-electron chi connectivity index (χ0n) is 14.0. The number of ether oxygens (including phenoxy) is 2. The van der Waals surface area contributed by atoms with E-state index in [-0.39, 0.29) is 6.54 Å². The van der Waals surface area contributed by atoms with Gasteiger partial charge in [0.25, 0.3) is 0 Å². The molecule has 0 radical (unpaired) electrons. The molecule has 2 rings (SSSR count). The van der Waals surface area contributed by atoms with E-state index in [1.54, 1.807) is 24.3 Å². The summed E-state index contributed by atoms with van der Waals surface area (Å²) in [6.07, 6.45) is 1.13. The van der Waals surface area contributed by atoms with Gasteiger partial charge in [0, 0.05) is 10.0 Å². The molecule has 0 fully saturated rings. The first-order chi connectivity index (χ1) is 11.8. The van der Waals surface area contributed by atoms with Crippen LogP contribution >= 0.6 is 15.9 Å². The summed E-state index contributed by atoms with van der Waals surface area (Å²) in [6, 6.07) is 11.6. The lowest BCUT2D eigenvalue weighted by Crippen LogP contribution is -2.29. The lowest BCUT2D eigenvalue weighted by Gasteiger charge is -2.23. The van der Waals surface area contributed by atoms with E-state index in [2.05, 4.69) is 20.7 Å². The molecule has 0 bridgehead atoms. The van der Waals surface area contributed by atoms with E-state index < -0.39 is 16.0 Å². The van der Waals surface area contributed by atoms with Gasteiger partial charge in [-0.05, 0) is 42.5 Å². The SMILES string of the molecule is COC(=O)c1ccc(N(Cc2cc(Br)ccc2OC)S(C)(=O)=O)cc1. The van der Waals surface area contributed by atoms with Crippen molar-refractivity contribution in [2.45, 2.75) is 6.54 Å². The Bertz CT molecular complexity index is 865. The summed E-state index contributed by atoms with van der Waals surface area (Å²) in [5, 5.41) is 0. The van der Waals surface area contributed by atoms with Crippen LogP contribution in [0.5, 0.6) is 5.75 Å². The third-order valence-electron chi connectivity index (χ3n) is 3.53. The quantitative estimate of drug-likeness (QED) is 0.661. The van der Waals surface area contributed by atoms with Gasteiger partial charge in [-0.1, -0.05) is 15.9 Å². The van der Waals surface area contributed by atoms with Gasteiger partial charge in [0.2, 0.25) is 10.0 Å². The topological polar surface area (TPSA) is 72.9 Å². The number of halogens is 1. The summed E-state index contributed by atoms with van der Waals surface area (Å²) >= 11 is 3.38. The van der Waals surface area contributed by atoms with Gasteiger partial charge in [-0.15, -0.1) is 0 Å². The van der Waals surface area contributed by atoms with Gasteiger partial charge >= 0.3 is 5.97 Å². The number of esters is 1. The molecular formula is C17H18BrNO5S. The van der Waals surface area contributed by atoms with Crippen molar-refractivity contribution in [2.75, 3.05) is 24.8 Å². The summed E-state index contributed by atoms with van der Waals surface area (Å²) in [6.45, 7) is 0.0962. The van der Waals surface area contributed by atoms with E-state index in [9.17, 15) is 13.2 Å². The molecule has 2 aromatic rings. The molecule has 0 aliphatic rings. The van der Waals surface area contributed by atoms with Gasteiger partial charge in [0.1, 0.15) is 5.75 Å². The van der Waals surface area contributed by atoms with Crippen molar-refractivity contribution in [3.63, 3.8) is 0 Å². The highest BCUT2D eigenvalue weighted by Gasteiger charge is 2.20. The van der Waals surface area contributed by atoms with Crippen molar-refractivity contribution in [1.82, 2.24) is 0 Å². The van der Waals surface area contributed by atoms with E-state index in [4.69, 9.17) is 4.74 Å². The van der Waals surface area contributed by atoms with Gasteiger partial charge in [0.05, 0.1) is 38.3 Å². The second-order valence-corrected chi connectivity index (χ2v) is 8.09. The minimum Gasteiger partial charge on any atom is -0.496 e. The number of anilines is 1. The Labute approximate surface area is 155 Å². The van der Waals surface area contributed by atoms with Crippen LogP contribution in [0.15, 0.2) is 46.9 Å². The Hall–Kier alpha value is -2.06. The fraction of sp³-hybridized carbons (Fsp3) is 0.235. The molecule has 0 saturated carbocycles. The summed E-state index contributed by atoms with van der Waals surface area (Å²) in [7, 11) is -0.726. The first-order valence-corrected chi connectivity index (χ1v) is 9.89. The average Bonchev–Trinajstić information content (AvgIpc) is 2.58. The molecule has 25 heavy (non-hydrogen) atoms. The lowest BCUT2D eigenvalue weighted by atomic mass is 10.1. The molecule has 0 heterocycles. The minimum atomic E-state index is -3.55. The van der Waals surface area contributed by atoms with Crippen LogP contribution < -0.4 is 9.04 Å². The Morgan fingerprint density at radius 2 is 1.76 bits per heavy atom. The molecule has 134 valence electrons. The van der Waals surface area contributed by atoms with Gasteiger partial charge < -0.3 is 9.47 Å². The van der Waals surface area contributed by atoms with Crippen LogP contribution in [0, 0.1) is 0 Å². The molecular weight excluding hydrogens is 410 g/mol. The van der Waals surface area contributed by atoms with Crippen LogP contribution in [0.4, 0.5) is 5.69 Å². The van der Waals surface area contributed by atoms with E-state index >= 15 is 0 Å². The normalized spacial score (nSPS) is 11.0. The number of hydrogen-bond acceptors (Lipinski definition) is 5. The van der Waals surface area contributed by atoms with Crippen molar-refractivity contribution in [3.8, 4) is 5.75 Å². The maximum atomic E-state index is 12.3. The molecule has 6 nitrogen and oxygen atoms in total. The number of methoxy groups -OCH3 is 2. The number of sulfonamides is 1. The predicted molar refractivity (Wildman–Crippen MR) is 99.5 cm³/mol. The third-order valence-corrected chi connectivity index (χ3v) is 5.17. The predicted octanol–water partition coefficient (Wildman–Crippen LogP) is 3.21. The van der Waals surface area contributed by atoms with E-state index in [0.717, 1.165) is 10.7 Å². The van der Waals surface area contributed by atoms with Gasteiger partial charge in [-0.25, -0.2) is 13.2 Å². The summed E-state index contributed by atoms with van der Waals surface area (Å²) in [5.74, 6) is 0.106. The molecule has 0 spiro atoms. The monoisotopic (exact) mass is 427 g/mol. The van der Waals surface area contributed by atoms with Crippen molar-refractivity contribution in [2.24, 2.45) is 0 Å². The number of rotatable bonds is 6. The maximum Gasteiger partial charge on any atom is 0.337 e. The standard InChI is InChI=1S/C17H18BrNO5S/c1-23-16-9-6-14(18)10-13(16)11-19(25(3,21)22)15-7-4-12(5-8-15)17(20)24-2/h4-10H,11H2,1-3H3. The first-order valence-electron chi connectivity index (χ1n) is 7.24. The largest absolute Gasteiger partial charge is 0.496 e. The molecule has 0 aromatic heterocycles. The molecule has 8 heteroatoms. The molecule has 0 N–H and O–H groups in total. The Balaban J connectivity index is 2.41. The molecule has 0 aliphatic carbocycles. The first kappa shape index (κ1) is 19.3. The molecule has 0 unspecified atom stereocenters. The Morgan fingerprint density at radius 3 is 2.28 bits per heavy atom. The Kier molecular flexibility index (Phi) is 6.07. The number of hydrogen-bond donors (Lipinski definition) is 0. The zero-order chi connectivity index (χ0) is 18.6. The minimum absolute atomic E-state index is 0.0962. The second kappa shape index (κ2) is 7.88. The number of carbonyl (C=O) groups is 1. The second-order valence-electron chi connectivity index (χ2n) is 5.26. The Morgan fingerprint density at radius 1 is 1.12 bits per heavy atom. The zero-order valence-corrected chi connectivity index (χ0v) is 16.4. The summed E-state index contributed by atoms with van der Waals surface area (Å²) in [5.41, 5.74) is 1.50. The molecule has 0 aliphatic heterocycles. The number of carbonyl (C=O) groups excluding carboxylic acids is 1. The average molecular weight is 428 g/mol. The highest BCUT2D eigenvalue weighted by Crippen LogP contribution is 2.28. The highest BCUT2D eigenvalue weighted by atomic mass is 79.9. The summed E-state index contributed by atoms with van der Waals surface area (Å²) < 4.78 is 36.6. The van der Waals surface area contributed by atoms with Crippen LogP contribution in [0.3, 0.4) is 0 Å². The van der Waals surface area contributed by atoms with Crippen molar-refractivity contribution < 1.29 is 22.7 Å². The third kappa shape index (κ3) is 4.73. The van der Waals surface area contributed by atoms with Gasteiger partial charge in [-0.3, -0.25) is 4.31 Å². The summed E-state index contributed by atoms with van der Waals surface area (Å²) in [4.78, 5) is 11.5. The fourth-order valence-corrected chi connectivity index (χ4v) is 3.59. The number of nitrogens with zero attached hydrogens (tertiary/aromatic N) is 1. The van der Waals surface area contributed by atoms with E-state index in [1.165, 1.54) is 30.7 Å². The molecule has 2 aromatic carbocycles. The van der Waals surface area contributed by atoms with Crippen LogP contribution in [0.2, 0.25) is 0 Å². The van der Waals surface area contributed by atoms with Crippen LogP contribution in [0.25, 0.3) is 0 Å². The van der Waals surface area contributed by atoms with E-state index in [0.29, 0.717) is 22.6 Å². The van der Waals surface area contributed by atoms with Crippen LogP contribution in [0.1, 0.15) is 15.9 Å². The molecule has 0 atom stereocenters. The van der Waals surface area contributed by atoms with Crippen LogP contribution in [-0.4, -0.2) is 34.9 Å². The van der Waals surface area contributed by atoms with Crippen molar-refractivity contribution in [3.05, 3.63) is 58.1 Å². The fourth-order valence-electron chi connectivity index (χ4n) is 2.31. The van der Waals surface area contributed by atoms with Crippen molar-refractivity contribution >= 4 is 37.6 Å².